The summed E-state index contributed by atoms with van der Waals surface area (Å²) >= 11 is 5.94. The van der Waals surface area contributed by atoms with E-state index in [4.69, 9.17) is 16.3 Å². The molecule has 142 valence electrons. The highest BCUT2D eigenvalue weighted by Crippen LogP contribution is 2.25. The summed E-state index contributed by atoms with van der Waals surface area (Å²) in [5, 5.41) is 6.16. The molecule has 3 amide bonds. The number of rotatable bonds is 3. The molecule has 27 heavy (non-hydrogen) atoms. The van der Waals surface area contributed by atoms with Crippen molar-refractivity contribution in [2.24, 2.45) is 0 Å². The zero-order chi connectivity index (χ0) is 19.4. The fraction of sp³-hybridized carbons (Fsp3) is 0.300. The minimum atomic E-state index is -0.213. The number of hydrogen-bond acceptors (Lipinski definition) is 3. The molecule has 2 N–H and O–H groups in total. The molecule has 1 aliphatic rings. The van der Waals surface area contributed by atoms with Gasteiger partial charge in [0.1, 0.15) is 6.10 Å². The molecule has 3 rings (SSSR count). The summed E-state index contributed by atoms with van der Waals surface area (Å²) in [6.07, 6.45) is -0.194. The number of carbonyl (C=O) groups is 2. The summed E-state index contributed by atoms with van der Waals surface area (Å²) in [6.45, 7) is 3.29. The monoisotopic (exact) mass is 387 g/mol. The van der Waals surface area contributed by atoms with Crippen LogP contribution < -0.4 is 10.6 Å². The first-order valence-corrected chi connectivity index (χ1v) is 9.11. The molecule has 6 nitrogen and oxygen atoms in total. The van der Waals surface area contributed by atoms with Crippen molar-refractivity contribution in [3.8, 4) is 0 Å². The Morgan fingerprint density at radius 2 is 1.93 bits per heavy atom. The summed E-state index contributed by atoms with van der Waals surface area (Å²) in [5.41, 5.74) is 2.99. The highest BCUT2D eigenvalue weighted by Gasteiger charge is 2.25. The number of hydrogen-bond donors (Lipinski definition) is 2. The molecule has 1 atom stereocenters. The Labute approximate surface area is 163 Å². The molecule has 0 saturated carbocycles. The molecular weight excluding hydrogens is 366 g/mol. The van der Waals surface area contributed by atoms with Gasteiger partial charge < -0.3 is 20.3 Å². The van der Waals surface area contributed by atoms with Gasteiger partial charge in [0, 0.05) is 29.9 Å². The summed E-state index contributed by atoms with van der Waals surface area (Å²) in [6, 6.07) is 12.5. The van der Waals surface area contributed by atoms with E-state index >= 15 is 0 Å². The topological polar surface area (TPSA) is 70.7 Å². The van der Waals surface area contributed by atoms with Gasteiger partial charge in [0.15, 0.2) is 0 Å². The van der Waals surface area contributed by atoms with E-state index < -0.39 is 0 Å². The van der Waals surface area contributed by atoms with Gasteiger partial charge in [-0.15, -0.1) is 0 Å². The smallest absolute Gasteiger partial charge is 0.322 e. The van der Waals surface area contributed by atoms with Crippen molar-refractivity contribution in [3.63, 3.8) is 0 Å². The second-order valence-corrected chi connectivity index (χ2v) is 6.83. The van der Waals surface area contributed by atoms with Crippen LogP contribution >= 0.6 is 11.6 Å². The third-order valence-corrected chi connectivity index (χ3v) is 4.82. The van der Waals surface area contributed by atoms with Gasteiger partial charge in [-0.05, 0) is 42.3 Å². The third-order valence-electron chi connectivity index (χ3n) is 4.56. The lowest BCUT2D eigenvalue weighted by atomic mass is 10.1. The number of nitrogens with one attached hydrogen (secondary N) is 2. The summed E-state index contributed by atoms with van der Waals surface area (Å²) in [5.74, 6) is -0.195. The van der Waals surface area contributed by atoms with Crippen molar-refractivity contribution in [3.05, 3.63) is 64.2 Å². The van der Waals surface area contributed by atoms with Gasteiger partial charge in [0.25, 0.3) is 5.91 Å². The van der Waals surface area contributed by atoms with Crippen LogP contribution in [0.5, 0.6) is 0 Å². The van der Waals surface area contributed by atoms with Crippen molar-refractivity contribution in [1.29, 1.82) is 0 Å². The molecule has 7 heteroatoms. The first-order valence-electron chi connectivity index (χ1n) is 8.73. The van der Waals surface area contributed by atoms with E-state index in [0.29, 0.717) is 36.0 Å². The lowest BCUT2D eigenvalue weighted by Crippen LogP contribution is -2.44. The fourth-order valence-electron chi connectivity index (χ4n) is 2.95. The first-order chi connectivity index (χ1) is 13.0. The molecule has 0 aliphatic carbocycles. The van der Waals surface area contributed by atoms with Gasteiger partial charge in [-0.1, -0.05) is 29.8 Å². The van der Waals surface area contributed by atoms with Gasteiger partial charge in [-0.3, -0.25) is 4.79 Å². The van der Waals surface area contributed by atoms with E-state index in [1.54, 1.807) is 24.1 Å². The number of amides is 3. The molecule has 1 aliphatic heterocycles. The van der Waals surface area contributed by atoms with Crippen molar-refractivity contribution < 1.29 is 14.3 Å². The van der Waals surface area contributed by atoms with E-state index in [1.807, 2.05) is 37.3 Å². The Balaban J connectivity index is 1.70. The molecule has 1 unspecified atom stereocenters. The predicted octanol–water partition coefficient (Wildman–Crippen LogP) is 3.61. The van der Waals surface area contributed by atoms with Gasteiger partial charge in [0.2, 0.25) is 0 Å². The Kier molecular flexibility index (Phi) is 5.98. The standard InChI is InChI=1S/C20H22ClN3O3/c1-13-3-4-15(19(25)22-2)11-17(13)23-20(26)24-9-10-27-18(12-24)14-5-7-16(21)8-6-14/h3-8,11,18H,9-10,12H2,1-2H3,(H,22,25)(H,23,26). The van der Waals surface area contributed by atoms with Crippen LogP contribution in [0.4, 0.5) is 10.5 Å². The molecule has 0 aromatic heterocycles. The second-order valence-electron chi connectivity index (χ2n) is 6.40. The van der Waals surface area contributed by atoms with Crippen molar-refractivity contribution in [2.45, 2.75) is 13.0 Å². The second kappa shape index (κ2) is 8.41. The van der Waals surface area contributed by atoms with Gasteiger partial charge in [-0.25, -0.2) is 4.79 Å². The van der Waals surface area contributed by atoms with Crippen LogP contribution in [0, 0.1) is 6.92 Å². The van der Waals surface area contributed by atoms with Crippen molar-refractivity contribution in [1.82, 2.24) is 10.2 Å². The molecule has 1 heterocycles. The van der Waals surface area contributed by atoms with E-state index in [1.165, 1.54) is 0 Å². The van der Waals surface area contributed by atoms with Crippen LogP contribution in [0.15, 0.2) is 42.5 Å². The Bertz CT molecular complexity index is 839. The van der Waals surface area contributed by atoms with Crippen LogP contribution in [0.2, 0.25) is 5.02 Å². The maximum absolute atomic E-state index is 12.7. The normalized spacial score (nSPS) is 16.7. The fourth-order valence-corrected chi connectivity index (χ4v) is 3.08. The average molecular weight is 388 g/mol. The van der Waals surface area contributed by atoms with Gasteiger partial charge in [0.05, 0.1) is 13.2 Å². The van der Waals surface area contributed by atoms with Crippen LogP contribution in [-0.2, 0) is 4.74 Å². The van der Waals surface area contributed by atoms with E-state index in [2.05, 4.69) is 10.6 Å². The molecule has 1 saturated heterocycles. The molecule has 2 aromatic carbocycles. The molecule has 0 bridgehead atoms. The number of morpholine rings is 1. The number of halogens is 1. The molecule has 0 radical (unpaired) electrons. The van der Waals surface area contributed by atoms with Crippen LogP contribution in [-0.4, -0.2) is 43.6 Å². The summed E-state index contributed by atoms with van der Waals surface area (Å²) in [7, 11) is 1.57. The quantitative estimate of drug-likeness (QED) is 0.845. The lowest BCUT2D eigenvalue weighted by molar-refractivity contribution is -0.0135. The van der Waals surface area contributed by atoms with Crippen LogP contribution in [0.25, 0.3) is 0 Å². The number of anilines is 1. The summed E-state index contributed by atoms with van der Waals surface area (Å²) in [4.78, 5) is 26.3. The highest BCUT2D eigenvalue weighted by molar-refractivity contribution is 6.30. The summed E-state index contributed by atoms with van der Waals surface area (Å²) < 4.78 is 5.81. The van der Waals surface area contributed by atoms with E-state index in [9.17, 15) is 9.59 Å². The third kappa shape index (κ3) is 4.59. The Hall–Kier alpha value is -2.57. The van der Waals surface area contributed by atoms with E-state index in [0.717, 1.165) is 11.1 Å². The number of ether oxygens (including phenoxy) is 1. The Morgan fingerprint density at radius 3 is 2.63 bits per heavy atom. The number of benzene rings is 2. The zero-order valence-electron chi connectivity index (χ0n) is 15.3. The molecule has 2 aromatic rings. The molecule has 1 fully saturated rings. The zero-order valence-corrected chi connectivity index (χ0v) is 16.0. The minimum absolute atomic E-state index is 0.194. The maximum Gasteiger partial charge on any atom is 0.322 e. The van der Waals surface area contributed by atoms with Gasteiger partial charge in [-0.2, -0.15) is 0 Å². The largest absolute Gasteiger partial charge is 0.370 e. The number of aryl methyl sites for hydroxylation is 1. The minimum Gasteiger partial charge on any atom is -0.370 e. The SMILES string of the molecule is CNC(=O)c1ccc(C)c(NC(=O)N2CCOC(c3ccc(Cl)cc3)C2)c1. The number of carbonyl (C=O) groups excluding carboxylic acids is 2. The first kappa shape index (κ1) is 19.2. The number of urea groups is 1. The van der Waals surface area contributed by atoms with Crippen LogP contribution in [0.3, 0.4) is 0 Å². The van der Waals surface area contributed by atoms with E-state index in [-0.39, 0.29) is 18.0 Å². The highest BCUT2D eigenvalue weighted by atomic mass is 35.5. The van der Waals surface area contributed by atoms with Crippen molar-refractivity contribution >= 4 is 29.2 Å². The Morgan fingerprint density at radius 1 is 1.19 bits per heavy atom. The van der Waals surface area contributed by atoms with Crippen molar-refractivity contribution in [2.75, 3.05) is 32.1 Å². The predicted molar refractivity (Wildman–Crippen MR) is 105 cm³/mol. The van der Waals surface area contributed by atoms with Crippen LogP contribution in [0.1, 0.15) is 27.6 Å². The molecule has 0 spiro atoms. The number of nitrogens with zero attached hydrogens (tertiary/aromatic N) is 1. The average Bonchev–Trinajstić information content (AvgIpc) is 2.69. The molecular formula is C20H22ClN3O3. The maximum atomic E-state index is 12.7. The lowest BCUT2D eigenvalue weighted by Gasteiger charge is -2.33. The van der Waals surface area contributed by atoms with Gasteiger partial charge >= 0.3 is 6.03 Å².